The SMILES string of the molecule is Cc1cc(Br)cc(O)c1-c1cc2cc(Cl)ccc2[nH]1. The van der Waals surface area contributed by atoms with Gasteiger partial charge in [-0.25, -0.2) is 0 Å². The van der Waals surface area contributed by atoms with Crippen molar-refractivity contribution in [1.29, 1.82) is 0 Å². The van der Waals surface area contributed by atoms with Crippen molar-refractivity contribution in [3.05, 3.63) is 51.5 Å². The molecule has 4 heteroatoms. The van der Waals surface area contributed by atoms with Gasteiger partial charge in [0.25, 0.3) is 0 Å². The summed E-state index contributed by atoms with van der Waals surface area (Å²) in [5.74, 6) is 0.254. The molecule has 0 saturated heterocycles. The monoisotopic (exact) mass is 335 g/mol. The van der Waals surface area contributed by atoms with Crippen LogP contribution in [0.2, 0.25) is 5.02 Å². The minimum Gasteiger partial charge on any atom is -0.507 e. The minimum absolute atomic E-state index is 0.254. The Morgan fingerprint density at radius 3 is 2.68 bits per heavy atom. The molecule has 2 nitrogen and oxygen atoms in total. The average Bonchev–Trinajstić information content (AvgIpc) is 2.69. The predicted molar refractivity (Wildman–Crippen MR) is 82.8 cm³/mol. The van der Waals surface area contributed by atoms with Crippen LogP contribution in [-0.2, 0) is 0 Å². The number of aromatic nitrogens is 1. The molecular formula is C15H11BrClNO. The maximum absolute atomic E-state index is 10.1. The average molecular weight is 337 g/mol. The van der Waals surface area contributed by atoms with Gasteiger partial charge in [0.2, 0.25) is 0 Å². The zero-order chi connectivity index (χ0) is 13.6. The zero-order valence-electron chi connectivity index (χ0n) is 10.2. The molecule has 96 valence electrons. The standard InChI is InChI=1S/C15H11BrClNO/c1-8-4-10(16)7-14(19)15(8)13-6-9-5-11(17)2-3-12(9)18-13/h2-7,18-19H,1H3. The largest absolute Gasteiger partial charge is 0.507 e. The van der Waals surface area contributed by atoms with Crippen LogP contribution < -0.4 is 0 Å². The molecule has 3 rings (SSSR count). The number of hydrogen-bond acceptors (Lipinski definition) is 1. The molecule has 0 saturated carbocycles. The van der Waals surface area contributed by atoms with Crippen LogP contribution in [-0.4, -0.2) is 10.1 Å². The molecule has 2 N–H and O–H groups in total. The van der Waals surface area contributed by atoms with Gasteiger partial charge in [0.1, 0.15) is 5.75 Å². The molecule has 19 heavy (non-hydrogen) atoms. The van der Waals surface area contributed by atoms with E-state index in [1.165, 1.54) is 0 Å². The molecule has 2 aromatic carbocycles. The summed E-state index contributed by atoms with van der Waals surface area (Å²) in [7, 11) is 0. The lowest BCUT2D eigenvalue weighted by atomic mass is 10.0. The minimum atomic E-state index is 0.254. The van der Waals surface area contributed by atoms with Crippen LogP contribution in [0.1, 0.15) is 5.56 Å². The van der Waals surface area contributed by atoms with Gasteiger partial charge in [-0.3, -0.25) is 0 Å². The highest BCUT2D eigenvalue weighted by Gasteiger charge is 2.12. The van der Waals surface area contributed by atoms with E-state index in [2.05, 4.69) is 20.9 Å². The molecule has 0 unspecified atom stereocenters. The van der Waals surface area contributed by atoms with E-state index in [1.54, 1.807) is 6.07 Å². The summed E-state index contributed by atoms with van der Waals surface area (Å²) in [6, 6.07) is 11.4. The van der Waals surface area contributed by atoms with E-state index in [0.717, 1.165) is 32.2 Å². The first kappa shape index (κ1) is 12.6. The van der Waals surface area contributed by atoms with Crippen molar-refractivity contribution in [2.75, 3.05) is 0 Å². The van der Waals surface area contributed by atoms with E-state index < -0.39 is 0 Å². The summed E-state index contributed by atoms with van der Waals surface area (Å²) >= 11 is 9.36. The highest BCUT2D eigenvalue weighted by atomic mass is 79.9. The summed E-state index contributed by atoms with van der Waals surface area (Å²) in [6.07, 6.45) is 0. The number of fused-ring (bicyclic) bond motifs is 1. The van der Waals surface area contributed by atoms with Gasteiger partial charge in [0.05, 0.1) is 5.69 Å². The van der Waals surface area contributed by atoms with E-state index in [4.69, 9.17) is 11.6 Å². The first-order valence-electron chi connectivity index (χ1n) is 5.82. The van der Waals surface area contributed by atoms with E-state index in [9.17, 15) is 5.11 Å². The third-order valence-electron chi connectivity index (χ3n) is 3.13. The number of aryl methyl sites for hydroxylation is 1. The van der Waals surface area contributed by atoms with Gasteiger partial charge in [-0.05, 0) is 48.9 Å². The zero-order valence-corrected chi connectivity index (χ0v) is 12.5. The maximum atomic E-state index is 10.1. The summed E-state index contributed by atoms with van der Waals surface area (Å²) < 4.78 is 0.866. The number of phenols is 1. The van der Waals surface area contributed by atoms with Gasteiger partial charge in [-0.1, -0.05) is 27.5 Å². The van der Waals surface area contributed by atoms with Crippen molar-refractivity contribution in [2.45, 2.75) is 6.92 Å². The summed E-state index contributed by atoms with van der Waals surface area (Å²) in [5.41, 5.74) is 3.71. The van der Waals surface area contributed by atoms with Crippen molar-refractivity contribution >= 4 is 38.4 Å². The Labute approximate surface area is 124 Å². The van der Waals surface area contributed by atoms with Crippen LogP contribution in [0.5, 0.6) is 5.75 Å². The Bertz CT molecular complexity index is 756. The molecule has 3 aromatic rings. The van der Waals surface area contributed by atoms with Crippen molar-refractivity contribution in [3.63, 3.8) is 0 Å². The molecule has 0 bridgehead atoms. The second-order valence-electron chi connectivity index (χ2n) is 4.53. The molecule has 0 radical (unpaired) electrons. The molecule has 0 aliphatic rings. The Morgan fingerprint density at radius 1 is 1.16 bits per heavy atom. The lowest BCUT2D eigenvalue weighted by Crippen LogP contribution is -1.85. The number of hydrogen-bond donors (Lipinski definition) is 2. The fourth-order valence-corrected chi connectivity index (χ4v) is 3.05. The summed E-state index contributed by atoms with van der Waals surface area (Å²) in [6.45, 7) is 1.97. The third-order valence-corrected chi connectivity index (χ3v) is 3.82. The van der Waals surface area contributed by atoms with Gasteiger partial charge in [-0.15, -0.1) is 0 Å². The highest BCUT2D eigenvalue weighted by molar-refractivity contribution is 9.10. The lowest BCUT2D eigenvalue weighted by Gasteiger charge is -2.07. The fourth-order valence-electron chi connectivity index (χ4n) is 2.31. The van der Waals surface area contributed by atoms with Gasteiger partial charge in [0.15, 0.2) is 0 Å². The van der Waals surface area contributed by atoms with Crippen LogP contribution in [0.3, 0.4) is 0 Å². The molecule has 1 heterocycles. The second-order valence-corrected chi connectivity index (χ2v) is 5.88. The molecule has 0 atom stereocenters. The van der Waals surface area contributed by atoms with Crippen molar-refractivity contribution < 1.29 is 5.11 Å². The number of benzene rings is 2. The van der Waals surface area contributed by atoms with E-state index >= 15 is 0 Å². The first-order valence-corrected chi connectivity index (χ1v) is 6.99. The van der Waals surface area contributed by atoms with E-state index in [0.29, 0.717) is 5.02 Å². The maximum Gasteiger partial charge on any atom is 0.126 e. The Hall–Kier alpha value is -1.45. The van der Waals surface area contributed by atoms with Crippen LogP contribution in [0.4, 0.5) is 0 Å². The molecule has 0 amide bonds. The van der Waals surface area contributed by atoms with Crippen molar-refractivity contribution in [1.82, 2.24) is 4.98 Å². The number of aromatic amines is 1. The van der Waals surface area contributed by atoms with Crippen LogP contribution in [0.25, 0.3) is 22.2 Å². The number of rotatable bonds is 1. The second kappa shape index (κ2) is 4.58. The quantitative estimate of drug-likeness (QED) is 0.624. The van der Waals surface area contributed by atoms with Crippen molar-refractivity contribution in [2.24, 2.45) is 0 Å². The number of nitrogens with one attached hydrogen (secondary N) is 1. The number of aromatic hydroxyl groups is 1. The number of H-pyrrole nitrogens is 1. The van der Waals surface area contributed by atoms with E-state index in [1.807, 2.05) is 37.3 Å². The Balaban J connectivity index is 2.24. The van der Waals surface area contributed by atoms with E-state index in [-0.39, 0.29) is 5.75 Å². The Kier molecular flexibility index (Phi) is 3.03. The smallest absolute Gasteiger partial charge is 0.126 e. The predicted octanol–water partition coefficient (Wildman–Crippen LogP) is 5.26. The molecular weight excluding hydrogens is 326 g/mol. The van der Waals surface area contributed by atoms with Crippen LogP contribution in [0, 0.1) is 6.92 Å². The molecule has 0 aliphatic heterocycles. The number of phenolic OH excluding ortho intramolecular Hbond substituents is 1. The molecule has 1 aromatic heterocycles. The normalized spacial score (nSPS) is 11.1. The lowest BCUT2D eigenvalue weighted by molar-refractivity contribution is 0.476. The first-order chi connectivity index (χ1) is 9.04. The van der Waals surface area contributed by atoms with Crippen molar-refractivity contribution in [3.8, 4) is 17.0 Å². The topological polar surface area (TPSA) is 36.0 Å². The van der Waals surface area contributed by atoms with Crippen LogP contribution in [0.15, 0.2) is 40.9 Å². The third kappa shape index (κ3) is 2.24. The van der Waals surface area contributed by atoms with Gasteiger partial charge in [-0.2, -0.15) is 0 Å². The van der Waals surface area contributed by atoms with Gasteiger partial charge < -0.3 is 10.1 Å². The Morgan fingerprint density at radius 2 is 1.95 bits per heavy atom. The molecule has 0 aliphatic carbocycles. The van der Waals surface area contributed by atoms with Gasteiger partial charge in [0, 0.05) is 26.0 Å². The van der Waals surface area contributed by atoms with Crippen LogP contribution >= 0.6 is 27.5 Å². The number of halogens is 2. The molecule has 0 spiro atoms. The summed E-state index contributed by atoms with van der Waals surface area (Å²) in [5, 5.41) is 11.9. The molecule has 0 fully saturated rings. The van der Waals surface area contributed by atoms with Gasteiger partial charge >= 0.3 is 0 Å². The highest BCUT2D eigenvalue weighted by Crippen LogP contribution is 2.36. The fraction of sp³-hybridized carbons (Fsp3) is 0.0667. The summed E-state index contributed by atoms with van der Waals surface area (Å²) in [4.78, 5) is 3.31.